The van der Waals surface area contributed by atoms with Gasteiger partial charge < -0.3 is 14.4 Å². The molecule has 0 spiro atoms. The van der Waals surface area contributed by atoms with Crippen LogP contribution >= 0.6 is 0 Å². The second kappa shape index (κ2) is 15.0. The molecular formula is C43H40IrN2O-2. The molecule has 0 fully saturated rings. The van der Waals surface area contributed by atoms with E-state index >= 15 is 0 Å². The van der Waals surface area contributed by atoms with Crippen molar-refractivity contribution in [3.63, 3.8) is 0 Å². The van der Waals surface area contributed by atoms with Crippen LogP contribution in [0, 0.1) is 31.3 Å². The molecule has 3 heterocycles. The maximum absolute atomic E-state index is 8.63. The summed E-state index contributed by atoms with van der Waals surface area (Å²) >= 11 is 0. The van der Waals surface area contributed by atoms with Gasteiger partial charge in [-0.25, -0.2) is 0 Å². The van der Waals surface area contributed by atoms with Crippen molar-refractivity contribution in [3.05, 3.63) is 155 Å². The number of benzene rings is 4. The van der Waals surface area contributed by atoms with Gasteiger partial charge in [0.25, 0.3) is 0 Å². The van der Waals surface area contributed by atoms with Gasteiger partial charge in [0.15, 0.2) is 0 Å². The Balaban J connectivity index is 0.000000251. The Bertz CT molecular complexity index is 2400. The van der Waals surface area contributed by atoms with E-state index < -0.39 is 31.9 Å². The fraction of sp³-hybridized carbons (Fsp3) is 0.209. The minimum atomic E-state index is -2.18. The summed E-state index contributed by atoms with van der Waals surface area (Å²) in [4.78, 5) is 8.57. The molecule has 7 rings (SSSR count). The molecule has 0 unspecified atom stereocenters. The summed E-state index contributed by atoms with van der Waals surface area (Å²) in [6.07, 6.45) is 0.169. The van der Waals surface area contributed by atoms with Crippen LogP contribution in [0.5, 0.6) is 0 Å². The van der Waals surface area contributed by atoms with Gasteiger partial charge in [-0.1, -0.05) is 93.2 Å². The fourth-order valence-electron chi connectivity index (χ4n) is 5.01. The Morgan fingerprint density at radius 2 is 1.49 bits per heavy atom. The van der Waals surface area contributed by atoms with Gasteiger partial charge in [0.05, 0.1) is 5.58 Å². The number of hydrogen-bond donors (Lipinski definition) is 0. The number of furan rings is 1. The molecule has 1 radical (unpaired) electrons. The van der Waals surface area contributed by atoms with Gasteiger partial charge in [0.1, 0.15) is 5.58 Å². The van der Waals surface area contributed by atoms with Crippen molar-refractivity contribution in [3.8, 4) is 22.5 Å². The molecule has 0 saturated heterocycles. The van der Waals surface area contributed by atoms with Crippen LogP contribution in [0.1, 0.15) is 62.3 Å². The summed E-state index contributed by atoms with van der Waals surface area (Å²) in [5, 5.41) is 1.80. The molecule has 239 valence electrons. The molecule has 4 heteroatoms. The van der Waals surface area contributed by atoms with E-state index in [1.165, 1.54) is 24.4 Å². The van der Waals surface area contributed by atoms with Crippen molar-refractivity contribution in [2.75, 3.05) is 0 Å². The van der Waals surface area contributed by atoms with Gasteiger partial charge in [0.2, 0.25) is 0 Å². The van der Waals surface area contributed by atoms with Crippen molar-refractivity contribution < 1.29 is 38.2 Å². The first-order valence-corrected chi connectivity index (χ1v) is 15.0. The van der Waals surface area contributed by atoms with E-state index in [0.717, 1.165) is 27.5 Å². The first kappa shape index (κ1) is 23.0. The zero-order chi connectivity index (χ0) is 40.7. The summed E-state index contributed by atoms with van der Waals surface area (Å²) in [5.74, 6) is 0. The first-order valence-electron chi connectivity index (χ1n) is 20.0. The van der Waals surface area contributed by atoms with Gasteiger partial charge >= 0.3 is 0 Å². The van der Waals surface area contributed by atoms with Crippen LogP contribution in [0.4, 0.5) is 0 Å². The summed E-state index contributed by atoms with van der Waals surface area (Å²) in [5.41, 5.74) is 5.91. The molecule has 0 saturated carbocycles. The number of rotatable bonds is 6. The second-order valence-electron chi connectivity index (χ2n) is 12.0. The molecule has 0 aliphatic heterocycles. The average Bonchev–Trinajstić information content (AvgIpc) is 3.51. The van der Waals surface area contributed by atoms with Crippen LogP contribution in [-0.2, 0) is 39.3 Å². The number of fused-ring (bicyclic) bond motifs is 3. The van der Waals surface area contributed by atoms with Crippen molar-refractivity contribution in [1.29, 1.82) is 0 Å². The van der Waals surface area contributed by atoms with E-state index in [1.807, 2.05) is 75.4 Å². The molecule has 4 aromatic carbocycles. The first-order chi connectivity index (χ1) is 26.1. The number of hydrogen-bond acceptors (Lipinski definition) is 3. The van der Waals surface area contributed by atoms with Crippen molar-refractivity contribution in [2.45, 2.75) is 53.6 Å². The molecule has 0 aliphatic rings. The molecule has 47 heavy (non-hydrogen) atoms. The Labute approximate surface area is 306 Å². The van der Waals surface area contributed by atoms with Crippen LogP contribution in [0.2, 0.25) is 0 Å². The van der Waals surface area contributed by atoms with Gasteiger partial charge in [-0.05, 0) is 77.7 Å². The van der Waals surface area contributed by atoms with Gasteiger partial charge in [0, 0.05) is 51.6 Å². The maximum Gasteiger partial charge on any atom is 0.120 e. The maximum atomic E-state index is 8.63. The quantitative estimate of drug-likeness (QED) is 0.157. The van der Waals surface area contributed by atoms with Crippen LogP contribution in [0.3, 0.4) is 0 Å². The van der Waals surface area contributed by atoms with Crippen molar-refractivity contribution >= 4 is 21.9 Å². The number of pyridine rings is 2. The van der Waals surface area contributed by atoms with Crippen LogP contribution < -0.4 is 0 Å². The summed E-state index contributed by atoms with van der Waals surface area (Å²) < 4.78 is 84.1. The Kier molecular flexibility index (Phi) is 7.36. The standard InChI is InChI=1S/C30H28NO.C13H12N.Ir/c1-30(2,3)20-23-15-16-31-27(18-23)24-12-14-29-26(19-24)25-17-22(11-13-28(25)32-29)10-9-21-7-5-4-6-8-21;1-10-3-6-12(7-4-10)13-8-5-11(2)9-14-13;/h4-8,11,13-19H,9-10,20H2,1-3H3;3-6,8-9H,1-2H3;/q2*-1;/i9D2,20D2;1D3,2D3;. The molecule has 3 nitrogen and oxygen atoms in total. The molecular weight excluding hydrogens is 753 g/mol. The summed E-state index contributed by atoms with van der Waals surface area (Å²) in [6, 6.07) is 36.0. The second-order valence-corrected chi connectivity index (χ2v) is 12.0. The largest absolute Gasteiger partial charge is 0.500 e. The third-order valence-corrected chi connectivity index (χ3v) is 7.14. The molecule has 3 aromatic heterocycles. The Morgan fingerprint density at radius 3 is 2.21 bits per heavy atom. The van der Waals surface area contributed by atoms with Gasteiger partial charge in [-0.15, -0.1) is 59.2 Å². The van der Waals surface area contributed by atoms with E-state index in [4.69, 9.17) is 18.1 Å². The van der Waals surface area contributed by atoms with Crippen LogP contribution in [0.15, 0.2) is 120 Å². The van der Waals surface area contributed by atoms with Crippen LogP contribution in [0.25, 0.3) is 44.5 Å². The third-order valence-electron chi connectivity index (χ3n) is 7.14. The molecule has 0 atom stereocenters. The van der Waals surface area contributed by atoms with Gasteiger partial charge in [-0.2, -0.15) is 0 Å². The van der Waals surface area contributed by atoms with Crippen molar-refractivity contribution in [2.24, 2.45) is 5.41 Å². The van der Waals surface area contributed by atoms with E-state index in [-0.39, 0.29) is 37.7 Å². The zero-order valence-electron chi connectivity index (χ0n) is 36.3. The molecule has 0 bridgehead atoms. The summed E-state index contributed by atoms with van der Waals surface area (Å²) in [7, 11) is 0. The summed E-state index contributed by atoms with van der Waals surface area (Å²) in [6.45, 7) is 1.33. The number of aromatic nitrogens is 2. The smallest absolute Gasteiger partial charge is 0.120 e. The monoisotopic (exact) mass is 803 g/mol. The normalized spacial score (nSPS) is 15.5. The van der Waals surface area contributed by atoms with E-state index in [2.05, 4.69) is 22.1 Å². The van der Waals surface area contributed by atoms with Crippen LogP contribution in [-0.4, -0.2) is 9.97 Å². The zero-order valence-corrected chi connectivity index (χ0v) is 28.7. The molecule has 0 amide bonds. The Morgan fingerprint density at radius 1 is 0.702 bits per heavy atom. The topological polar surface area (TPSA) is 38.9 Å². The minimum Gasteiger partial charge on any atom is -0.500 e. The average molecular weight is 803 g/mol. The minimum absolute atomic E-state index is 0. The number of aryl methyl sites for hydroxylation is 4. The predicted octanol–water partition coefficient (Wildman–Crippen LogP) is 11.0. The van der Waals surface area contributed by atoms with E-state index in [0.29, 0.717) is 33.7 Å². The Hall–Kier alpha value is -4.37. The third kappa shape index (κ3) is 8.92. The fourth-order valence-corrected chi connectivity index (χ4v) is 5.01. The molecule has 7 aromatic rings. The van der Waals surface area contributed by atoms with Gasteiger partial charge in [-0.3, -0.25) is 0 Å². The molecule has 0 aliphatic carbocycles. The van der Waals surface area contributed by atoms with E-state index in [1.54, 1.807) is 36.5 Å². The molecule has 0 N–H and O–H groups in total. The predicted molar refractivity (Wildman–Crippen MR) is 191 cm³/mol. The van der Waals surface area contributed by atoms with E-state index in [9.17, 15) is 0 Å². The number of nitrogens with zero attached hydrogens (tertiary/aromatic N) is 2. The SMILES string of the molecule is [2H]C([2H])(Cc1ccc2oc3c[c-]c(-c4cc(C([2H])([2H])C(C)(C)C)ccn4)cc3c2c1)c1ccccc1.[2H]C([2H])([2H])c1c[c-]c(-c2ccc(C([2H])([2H])[2H])cn2)cc1.[Ir]. The van der Waals surface area contributed by atoms with Crippen molar-refractivity contribution in [1.82, 2.24) is 9.97 Å².